The summed E-state index contributed by atoms with van der Waals surface area (Å²) in [4.78, 5) is 12.8. The maximum absolute atomic E-state index is 14.7. The predicted molar refractivity (Wildman–Crippen MR) is 104 cm³/mol. The molecule has 33 heavy (non-hydrogen) atoms. The van der Waals surface area contributed by atoms with Crippen LogP contribution < -0.4 is 0 Å². The number of benzene rings is 2. The molecule has 0 saturated carbocycles. The number of hydrogen-bond donors (Lipinski definition) is 2. The number of nitrogens with zero attached hydrogens (tertiary/aromatic N) is 2. The summed E-state index contributed by atoms with van der Waals surface area (Å²) in [6, 6.07) is 11.8. The van der Waals surface area contributed by atoms with Crippen molar-refractivity contribution in [3.8, 4) is 0 Å². The molecule has 0 spiro atoms. The fraction of sp³-hybridized carbons (Fsp3) is 0.300. The highest BCUT2D eigenvalue weighted by Gasteiger charge is 2.82. The number of rotatable bonds is 5. The number of hydrazone groups is 1. The largest absolute Gasteiger partial charge is 0.460 e. The van der Waals surface area contributed by atoms with E-state index in [-0.39, 0.29) is 11.1 Å². The molecular formula is C20H14BrF7N2O3. The molecule has 0 fully saturated rings. The molecule has 3 rings (SSSR count). The van der Waals surface area contributed by atoms with Gasteiger partial charge in [-0.2, -0.15) is 40.8 Å². The highest BCUT2D eigenvalue weighted by atomic mass is 79.9. The third-order valence-corrected chi connectivity index (χ3v) is 5.50. The summed E-state index contributed by atoms with van der Waals surface area (Å²) in [6.45, 7) is 0. The van der Waals surface area contributed by atoms with E-state index >= 15 is 0 Å². The maximum atomic E-state index is 14.7. The van der Waals surface area contributed by atoms with Crippen LogP contribution in [-0.2, 0) is 4.79 Å². The van der Waals surface area contributed by atoms with Crippen molar-refractivity contribution in [2.24, 2.45) is 5.10 Å². The zero-order valence-corrected chi connectivity index (χ0v) is 17.8. The lowest BCUT2D eigenvalue weighted by atomic mass is 9.91. The molecule has 0 saturated heterocycles. The molecule has 1 aliphatic heterocycles. The number of hydrogen-bond acceptors (Lipinski definition) is 4. The van der Waals surface area contributed by atoms with Gasteiger partial charge in [0, 0.05) is 10.9 Å². The third kappa shape index (κ3) is 4.13. The van der Waals surface area contributed by atoms with Gasteiger partial charge in [-0.15, -0.1) is 0 Å². The van der Waals surface area contributed by atoms with Gasteiger partial charge in [-0.1, -0.05) is 58.4 Å². The Labute approximate surface area is 190 Å². The van der Waals surface area contributed by atoms with Crippen molar-refractivity contribution in [3.63, 3.8) is 0 Å². The van der Waals surface area contributed by atoms with E-state index in [1.54, 1.807) is 0 Å². The van der Waals surface area contributed by atoms with Crippen molar-refractivity contribution < 1.29 is 45.7 Å². The average molecular weight is 543 g/mol. The Hall–Kier alpha value is -2.51. The van der Waals surface area contributed by atoms with Gasteiger partial charge < -0.3 is 10.2 Å². The van der Waals surface area contributed by atoms with E-state index < -0.39 is 52.9 Å². The first-order chi connectivity index (χ1) is 15.1. The maximum Gasteiger partial charge on any atom is 0.460 e. The molecule has 5 nitrogen and oxygen atoms in total. The highest BCUT2D eigenvalue weighted by molar-refractivity contribution is 9.10. The van der Waals surface area contributed by atoms with Crippen LogP contribution in [0.25, 0.3) is 0 Å². The van der Waals surface area contributed by atoms with Crippen molar-refractivity contribution in [1.82, 2.24) is 5.01 Å². The lowest BCUT2D eigenvalue weighted by molar-refractivity contribution is -0.401. The molecule has 0 radical (unpaired) electrons. The fourth-order valence-corrected chi connectivity index (χ4v) is 3.41. The first kappa shape index (κ1) is 25.1. The van der Waals surface area contributed by atoms with Crippen molar-refractivity contribution in [3.05, 3.63) is 70.2 Å². The summed E-state index contributed by atoms with van der Waals surface area (Å²) in [5.41, 5.74) is -5.24. The number of alkyl halides is 7. The van der Waals surface area contributed by atoms with Gasteiger partial charge >= 0.3 is 18.0 Å². The van der Waals surface area contributed by atoms with E-state index in [4.69, 9.17) is 0 Å². The molecule has 2 atom stereocenters. The van der Waals surface area contributed by atoms with Gasteiger partial charge in [0.1, 0.15) is 0 Å². The van der Waals surface area contributed by atoms with Gasteiger partial charge in [-0.05, 0) is 23.3 Å². The van der Waals surface area contributed by atoms with Crippen molar-refractivity contribution in [1.29, 1.82) is 0 Å². The van der Waals surface area contributed by atoms with Crippen LogP contribution in [0.5, 0.6) is 0 Å². The van der Waals surface area contributed by atoms with E-state index in [0.29, 0.717) is 4.47 Å². The Kier molecular flexibility index (Phi) is 6.37. The monoisotopic (exact) mass is 542 g/mol. The van der Waals surface area contributed by atoms with Crippen LogP contribution in [-0.4, -0.2) is 50.6 Å². The first-order valence-corrected chi connectivity index (χ1v) is 9.88. The topological polar surface area (TPSA) is 73.1 Å². The fourth-order valence-electron chi connectivity index (χ4n) is 3.15. The van der Waals surface area contributed by atoms with Gasteiger partial charge in [0.15, 0.2) is 6.10 Å². The van der Waals surface area contributed by atoms with Crippen LogP contribution in [0.3, 0.4) is 0 Å². The Morgan fingerprint density at radius 1 is 1.00 bits per heavy atom. The molecule has 1 amide bonds. The Bertz CT molecular complexity index is 1060. The number of carbonyl (C=O) groups excluding carboxylic acids is 1. The zero-order chi connectivity index (χ0) is 24.8. The summed E-state index contributed by atoms with van der Waals surface area (Å²) in [7, 11) is 0. The van der Waals surface area contributed by atoms with Crippen LogP contribution in [0, 0.1) is 0 Å². The second-order valence-electron chi connectivity index (χ2n) is 7.16. The molecule has 1 heterocycles. The van der Waals surface area contributed by atoms with Gasteiger partial charge in [-0.3, -0.25) is 4.79 Å². The molecule has 0 aliphatic carbocycles. The molecule has 0 bridgehead atoms. The molecule has 13 heteroatoms. The molecule has 178 valence electrons. The van der Waals surface area contributed by atoms with E-state index in [1.807, 2.05) is 0 Å². The second-order valence-corrected chi connectivity index (χ2v) is 8.07. The van der Waals surface area contributed by atoms with Gasteiger partial charge in [-0.25, -0.2) is 0 Å². The Balaban J connectivity index is 2.13. The lowest BCUT2D eigenvalue weighted by Gasteiger charge is -2.41. The molecule has 0 aromatic heterocycles. The van der Waals surface area contributed by atoms with Crippen molar-refractivity contribution >= 4 is 27.5 Å². The predicted octanol–water partition coefficient (Wildman–Crippen LogP) is 4.64. The molecule has 1 aliphatic rings. The van der Waals surface area contributed by atoms with E-state index in [0.717, 1.165) is 0 Å². The minimum absolute atomic E-state index is 0.0350. The molecule has 2 aromatic carbocycles. The number of aliphatic hydroxyl groups excluding tert-OH is 1. The summed E-state index contributed by atoms with van der Waals surface area (Å²) in [5.74, 6) is -14.8. The summed E-state index contributed by atoms with van der Waals surface area (Å²) in [5, 5.41) is 23.7. The Morgan fingerprint density at radius 2 is 1.55 bits per heavy atom. The van der Waals surface area contributed by atoms with Crippen LogP contribution in [0.2, 0.25) is 0 Å². The van der Waals surface area contributed by atoms with Crippen molar-refractivity contribution in [2.45, 2.75) is 36.3 Å². The zero-order valence-electron chi connectivity index (χ0n) is 16.2. The van der Waals surface area contributed by atoms with Crippen LogP contribution in [0.15, 0.2) is 64.2 Å². The molecule has 2 N–H and O–H groups in total. The van der Waals surface area contributed by atoms with E-state index in [1.165, 1.54) is 54.6 Å². The van der Waals surface area contributed by atoms with Crippen LogP contribution in [0.1, 0.15) is 23.7 Å². The van der Waals surface area contributed by atoms with E-state index in [2.05, 4.69) is 21.0 Å². The Morgan fingerprint density at radius 3 is 2.06 bits per heavy atom. The number of halogens is 8. The summed E-state index contributed by atoms with van der Waals surface area (Å²) >= 11 is 3.11. The summed E-state index contributed by atoms with van der Waals surface area (Å²) < 4.78 is 96.2. The molecule has 2 aromatic rings. The van der Waals surface area contributed by atoms with Crippen molar-refractivity contribution in [2.75, 3.05) is 0 Å². The number of amides is 1. The van der Waals surface area contributed by atoms with E-state index in [9.17, 15) is 45.7 Å². The smallest absolute Gasteiger partial charge is 0.378 e. The van der Waals surface area contributed by atoms with Gasteiger partial charge in [0.05, 0.1) is 5.71 Å². The first-order valence-electron chi connectivity index (χ1n) is 9.09. The standard InChI is InChI=1S/C20H14BrF7N2O3/c21-13-8-6-11(7-9-13)14-10-17(33,18(22,23)19(24,25)20(26,27)28)30(29-14)16(32)15(31)12-4-2-1-3-5-12/h1-9,15,31,33H,10H2/t15-,17+/m1/s1. The minimum atomic E-state index is -6.76. The summed E-state index contributed by atoms with van der Waals surface area (Å²) in [6.07, 6.45) is -10.6. The SMILES string of the molecule is O=C([C@H](O)c1ccccc1)N1N=C(c2ccc(Br)cc2)C[C@]1(O)C(F)(F)C(F)(F)C(F)(F)F. The highest BCUT2D eigenvalue weighted by Crippen LogP contribution is 2.55. The average Bonchev–Trinajstić information content (AvgIpc) is 3.12. The number of aliphatic hydroxyl groups is 2. The molecular weight excluding hydrogens is 529 g/mol. The lowest BCUT2D eigenvalue weighted by Crippen LogP contribution is -2.69. The van der Waals surface area contributed by atoms with Gasteiger partial charge in [0.25, 0.3) is 5.91 Å². The number of carbonyl (C=O) groups is 1. The minimum Gasteiger partial charge on any atom is -0.378 e. The van der Waals surface area contributed by atoms with Crippen LogP contribution in [0.4, 0.5) is 30.7 Å². The normalized spacial score (nSPS) is 20.5. The van der Waals surface area contributed by atoms with Crippen LogP contribution >= 0.6 is 15.9 Å². The second kappa shape index (κ2) is 8.37. The quantitative estimate of drug-likeness (QED) is 0.540. The third-order valence-electron chi connectivity index (χ3n) is 4.97. The molecule has 0 unspecified atom stereocenters. The van der Waals surface area contributed by atoms with Gasteiger partial charge in [0.2, 0.25) is 5.72 Å².